The van der Waals surface area contributed by atoms with Crippen molar-refractivity contribution in [2.24, 2.45) is 34.5 Å². The second-order valence-corrected chi connectivity index (χ2v) is 13.0. The van der Waals surface area contributed by atoms with E-state index in [0.29, 0.717) is 11.7 Å². The topological polar surface area (TPSA) is 71.1 Å². The van der Waals surface area contributed by atoms with Crippen molar-refractivity contribution >= 4 is 11.9 Å². The van der Waals surface area contributed by atoms with Crippen LogP contribution in [0.3, 0.4) is 0 Å². The van der Waals surface area contributed by atoms with Gasteiger partial charge < -0.3 is 18.9 Å². The predicted molar refractivity (Wildman–Crippen MR) is 138 cm³/mol. The number of fused-ring (bicyclic) bond motifs is 4. The summed E-state index contributed by atoms with van der Waals surface area (Å²) in [4.78, 5) is 25.1. The van der Waals surface area contributed by atoms with E-state index in [4.69, 9.17) is 18.9 Å². The summed E-state index contributed by atoms with van der Waals surface area (Å²) in [6.07, 6.45) is 5.39. The third-order valence-electron chi connectivity index (χ3n) is 9.22. The number of carbonyl (C=O) groups is 2. The minimum Gasteiger partial charge on any atom is -0.487 e. The molecule has 3 aliphatic rings. The van der Waals surface area contributed by atoms with Crippen LogP contribution in [0, 0.1) is 34.5 Å². The van der Waals surface area contributed by atoms with Gasteiger partial charge in [-0.2, -0.15) is 0 Å². The van der Waals surface area contributed by atoms with E-state index >= 15 is 0 Å². The smallest absolute Gasteiger partial charge is 0.313 e. The van der Waals surface area contributed by atoms with Crippen LogP contribution in [0.5, 0.6) is 17.2 Å². The van der Waals surface area contributed by atoms with E-state index in [-0.39, 0.29) is 52.2 Å². The average Bonchev–Trinajstić information content (AvgIpc) is 2.77. The number of carbonyl (C=O) groups excluding carboxylic acids is 2. The van der Waals surface area contributed by atoms with Crippen LogP contribution in [0.1, 0.15) is 99.2 Å². The first-order chi connectivity index (χ1) is 16.7. The molecule has 200 valence electrons. The lowest BCUT2D eigenvalue weighted by atomic mass is 9.44. The van der Waals surface area contributed by atoms with Crippen LogP contribution in [-0.2, 0) is 14.3 Å². The maximum atomic E-state index is 12.6. The van der Waals surface area contributed by atoms with E-state index in [1.807, 2.05) is 0 Å². The number of hydrogen-bond donors (Lipinski definition) is 0. The molecule has 1 aromatic carbocycles. The van der Waals surface area contributed by atoms with Gasteiger partial charge in [0.2, 0.25) is 0 Å². The highest BCUT2D eigenvalue weighted by atomic mass is 16.6. The summed E-state index contributed by atoms with van der Waals surface area (Å²) < 4.78 is 24.5. The van der Waals surface area contributed by atoms with Crippen molar-refractivity contribution in [3.8, 4) is 17.2 Å². The highest BCUT2D eigenvalue weighted by Crippen LogP contribution is 2.67. The standard InChI is InChI=1S/C30H44O6/c1-17(2)26(31)34-21-15-19-20(16-22(21)35-27(32)18(3)4)36-30(8)14-11-23-28(5,6)12-10-13-29(23,7)25(30)24(19)33-9/h15-18,23-25H,10-14H2,1-9H3/t23-,24+,25+,29-,30-/m0/s1. The van der Waals surface area contributed by atoms with E-state index in [1.165, 1.54) is 12.8 Å². The molecular formula is C30H44O6. The molecule has 2 fully saturated rings. The number of esters is 2. The van der Waals surface area contributed by atoms with Crippen molar-refractivity contribution in [2.45, 2.75) is 99.2 Å². The molecule has 5 atom stereocenters. The highest BCUT2D eigenvalue weighted by molar-refractivity contribution is 5.78. The minimum absolute atomic E-state index is 0.0463. The van der Waals surface area contributed by atoms with E-state index in [0.717, 1.165) is 24.8 Å². The molecule has 0 saturated heterocycles. The molecule has 0 amide bonds. The summed E-state index contributed by atoms with van der Waals surface area (Å²) in [5.74, 6) is 0.359. The lowest BCUT2D eigenvalue weighted by Crippen LogP contribution is -2.62. The lowest BCUT2D eigenvalue weighted by Gasteiger charge is -2.64. The van der Waals surface area contributed by atoms with Crippen molar-refractivity contribution in [3.05, 3.63) is 17.7 Å². The maximum Gasteiger partial charge on any atom is 0.313 e. The molecule has 0 spiro atoms. The summed E-state index contributed by atoms with van der Waals surface area (Å²) >= 11 is 0. The van der Waals surface area contributed by atoms with Gasteiger partial charge in [-0.15, -0.1) is 0 Å². The van der Waals surface area contributed by atoms with Gasteiger partial charge >= 0.3 is 11.9 Å². The predicted octanol–water partition coefficient (Wildman–Crippen LogP) is 6.89. The molecule has 1 heterocycles. The molecule has 4 rings (SSSR count). The lowest BCUT2D eigenvalue weighted by molar-refractivity contribution is -0.207. The van der Waals surface area contributed by atoms with E-state index < -0.39 is 11.6 Å². The fourth-order valence-electron chi connectivity index (χ4n) is 7.50. The largest absolute Gasteiger partial charge is 0.487 e. The van der Waals surface area contributed by atoms with Gasteiger partial charge in [-0.05, 0) is 55.4 Å². The highest BCUT2D eigenvalue weighted by Gasteiger charge is 2.63. The number of ether oxygens (including phenoxy) is 4. The summed E-state index contributed by atoms with van der Waals surface area (Å²) in [6.45, 7) is 16.6. The molecule has 1 aliphatic heterocycles. The molecule has 0 aromatic heterocycles. The zero-order valence-corrected chi connectivity index (χ0v) is 23.5. The number of hydrogen-bond acceptors (Lipinski definition) is 6. The Morgan fingerprint density at radius 3 is 2.06 bits per heavy atom. The first kappa shape index (κ1) is 27.0. The van der Waals surface area contributed by atoms with Crippen molar-refractivity contribution in [3.63, 3.8) is 0 Å². The summed E-state index contributed by atoms with van der Waals surface area (Å²) in [5, 5.41) is 0. The molecule has 0 radical (unpaired) electrons. The van der Waals surface area contributed by atoms with Crippen molar-refractivity contribution in [2.75, 3.05) is 7.11 Å². The van der Waals surface area contributed by atoms with Gasteiger partial charge in [0.15, 0.2) is 11.5 Å². The molecule has 0 N–H and O–H groups in total. The van der Waals surface area contributed by atoms with Crippen LogP contribution in [-0.4, -0.2) is 24.6 Å². The third-order valence-corrected chi connectivity index (χ3v) is 9.22. The first-order valence-electron chi connectivity index (χ1n) is 13.6. The second-order valence-electron chi connectivity index (χ2n) is 13.0. The minimum atomic E-state index is -0.415. The zero-order chi connectivity index (χ0) is 26.6. The van der Waals surface area contributed by atoms with Gasteiger partial charge in [-0.1, -0.05) is 54.9 Å². The van der Waals surface area contributed by atoms with Gasteiger partial charge in [-0.25, -0.2) is 0 Å². The Morgan fingerprint density at radius 2 is 1.50 bits per heavy atom. The summed E-state index contributed by atoms with van der Waals surface area (Å²) in [7, 11) is 1.76. The van der Waals surface area contributed by atoms with E-state index in [1.54, 1.807) is 46.9 Å². The molecule has 6 heteroatoms. The monoisotopic (exact) mass is 500 g/mol. The van der Waals surface area contributed by atoms with Crippen LogP contribution in [0.2, 0.25) is 0 Å². The quantitative estimate of drug-likeness (QED) is 0.324. The normalized spacial score (nSPS) is 32.7. The van der Waals surface area contributed by atoms with Crippen LogP contribution in [0.15, 0.2) is 12.1 Å². The Morgan fingerprint density at radius 1 is 0.917 bits per heavy atom. The van der Waals surface area contributed by atoms with E-state index in [9.17, 15) is 9.59 Å². The number of benzene rings is 1. The van der Waals surface area contributed by atoms with E-state index in [2.05, 4.69) is 27.7 Å². The molecule has 36 heavy (non-hydrogen) atoms. The molecule has 2 aliphatic carbocycles. The van der Waals surface area contributed by atoms with Crippen LogP contribution in [0.25, 0.3) is 0 Å². The molecule has 0 unspecified atom stereocenters. The Hall–Kier alpha value is -2.08. The third kappa shape index (κ3) is 4.44. The fraction of sp³-hybridized carbons (Fsp3) is 0.733. The molecule has 0 bridgehead atoms. The second kappa shape index (κ2) is 9.34. The van der Waals surface area contributed by atoms with Gasteiger partial charge in [-0.3, -0.25) is 9.59 Å². The van der Waals surface area contributed by atoms with Gasteiger partial charge in [0.1, 0.15) is 11.4 Å². The Bertz CT molecular complexity index is 1030. The summed E-state index contributed by atoms with van der Waals surface area (Å²) in [5.41, 5.74) is 0.743. The number of methoxy groups -OCH3 is 1. The molecule has 6 nitrogen and oxygen atoms in total. The number of rotatable bonds is 5. The van der Waals surface area contributed by atoms with Gasteiger partial charge in [0, 0.05) is 24.7 Å². The van der Waals surface area contributed by atoms with Crippen molar-refractivity contribution in [1.29, 1.82) is 0 Å². The maximum absolute atomic E-state index is 12.6. The van der Waals surface area contributed by atoms with Crippen LogP contribution < -0.4 is 14.2 Å². The Balaban J connectivity index is 1.83. The Labute approximate surface area is 216 Å². The SMILES string of the molecule is CO[C@@H]1c2cc(OC(=O)C(C)C)c(OC(=O)C(C)C)cc2O[C@@]2(C)CC[C@H]3C(C)(C)CCC[C@]3(C)[C@@H]12. The summed E-state index contributed by atoms with van der Waals surface area (Å²) in [6, 6.07) is 3.51. The van der Waals surface area contributed by atoms with Crippen LogP contribution in [0.4, 0.5) is 0 Å². The van der Waals surface area contributed by atoms with Crippen LogP contribution >= 0.6 is 0 Å². The van der Waals surface area contributed by atoms with Crippen molar-refractivity contribution in [1.82, 2.24) is 0 Å². The fourth-order valence-corrected chi connectivity index (χ4v) is 7.50. The van der Waals surface area contributed by atoms with Crippen molar-refractivity contribution < 1.29 is 28.5 Å². The van der Waals surface area contributed by atoms with Gasteiger partial charge in [0.05, 0.1) is 17.9 Å². The average molecular weight is 501 g/mol. The first-order valence-corrected chi connectivity index (χ1v) is 13.6. The molecule has 1 aromatic rings. The molecular weight excluding hydrogens is 456 g/mol. The zero-order valence-electron chi connectivity index (χ0n) is 23.5. The molecule has 2 saturated carbocycles. The van der Waals surface area contributed by atoms with Gasteiger partial charge in [0.25, 0.3) is 0 Å². The Kier molecular flexibility index (Phi) is 7.00.